The quantitative estimate of drug-likeness (QED) is 0.816. The highest BCUT2D eigenvalue weighted by molar-refractivity contribution is 5.98. The van der Waals surface area contributed by atoms with E-state index in [0.29, 0.717) is 18.7 Å². The maximum atomic E-state index is 12.2. The molecule has 1 aromatic heterocycles. The Labute approximate surface area is 141 Å². The Bertz CT molecular complexity index is 699. The average molecular weight is 327 g/mol. The molecular formula is C18H21N3O3. The number of ether oxygens (including phenoxy) is 1. The highest BCUT2D eigenvalue weighted by Gasteiger charge is 2.11. The van der Waals surface area contributed by atoms with Gasteiger partial charge in [-0.25, -0.2) is 0 Å². The first-order valence-electron chi connectivity index (χ1n) is 7.79. The number of carbonyl (C=O) groups is 2. The zero-order chi connectivity index (χ0) is 17.4. The summed E-state index contributed by atoms with van der Waals surface area (Å²) in [5.41, 5.74) is 1.60. The molecule has 2 amide bonds. The molecule has 0 saturated carbocycles. The first-order valence-corrected chi connectivity index (χ1v) is 7.79. The molecule has 1 heterocycles. The van der Waals surface area contributed by atoms with Crippen LogP contribution in [0, 0.1) is 0 Å². The summed E-state index contributed by atoms with van der Waals surface area (Å²) in [6.07, 6.45) is 2.30. The van der Waals surface area contributed by atoms with Crippen molar-refractivity contribution in [2.45, 2.75) is 19.9 Å². The largest absolute Gasteiger partial charge is 0.497 e. The van der Waals surface area contributed by atoms with Crippen molar-refractivity contribution in [2.24, 2.45) is 0 Å². The third-order valence-corrected chi connectivity index (χ3v) is 3.40. The predicted molar refractivity (Wildman–Crippen MR) is 91.0 cm³/mol. The van der Waals surface area contributed by atoms with E-state index in [2.05, 4.69) is 15.6 Å². The highest BCUT2D eigenvalue weighted by Crippen LogP contribution is 2.11. The lowest BCUT2D eigenvalue weighted by atomic mass is 10.2. The van der Waals surface area contributed by atoms with E-state index in [9.17, 15) is 9.59 Å². The van der Waals surface area contributed by atoms with Crippen molar-refractivity contribution in [1.29, 1.82) is 0 Å². The second-order valence-electron chi connectivity index (χ2n) is 5.22. The number of hydrogen-bond donors (Lipinski definition) is 2. The summed E-state index contributed by atoms with van der Waals surface area (Å²) in [7, 11) is 1.61. The molecule has 126 valence electrons. The molecule has 0 atom stereocenters. The minimum absolute atomic E-state index is 0.237. The van der Waals surface area contributed by atoms with Gasteiger partial charge in [0.1, 0.15) is 11.4 Å². The van der Waals surface area contributed by atoms with Crippen LogP contribution in [-0.2, 0) is 6.54 Å². The summed E-state index contributed by atoms with van der Waals surface area (Å²) >= 11 is 0. The second kappa shape index (κ2) is 8.67. The second-order valence-corrected chi connectivity index (χ2v) is 5.22. The Morgan fingerprint density at radius 1 is 1.08 bits per heavy atom. The van der Waals surface area contributed by atoms with E-state index in [0.717, 1.165) is 17.7 Å². The van der Waals surface area contributed by atoms with Gasteiger partial charge in [-0.1, -0.05) is 19.1 Å². The van der Waals surface area contributed by atoms with Crippen LogP contribution >= 0.6 is 0 Å². The lowest BCUT2D eigenvalue weighted by Gasteiger charge is -2.08. The normalized spacial score (nSPS) is 10.1. The molecule has 0 fully saturated rings. The van der Waals surface area contributed by atoms with E-state index in [-0.39, 0.29) is 17.5 Å². The van der Waals surface area contributed by atoms with Gasteiger partial charge in [-0.05, 0) is 36.2 Å². The number of rotatable bonds is 7. The van der Waals surface area contributed by atoms with Gasteiger partial charge in [0.2, 0.25) is 0 Å². The van der Waals surface area contributed by atoms with E-state index >= 15 is 0 Å². The molecule has 0 aliphatic carbocycles. The van der Waals surface area contributed by atoms with Gasteiger partial charge in [0, 0.05) is 24.8 Å². The Kier molecular flexibility index (Phi) is 6.31. The molecule has 0 unspecified atom stereocenters. The SMILES string of the molecule is CCCNC(=O)c1cc(C(=O)NCc2ccc(OC)cc2)ccn1. The smallest absolute Gasteiger partial charge is 0.269 e. The number of aromatic nitrogens is 1. The van der Waals surface area contributed by atoms with Crippen LogP contribution in [0.1, 0.15) is 39.8 Å². The van der Waals surface area contributed by atoms with Crippen molar-refractivity contribution >= 4 is 11.8 Å². The molecule has 0 bridgehead atoms. The average Bonchev–Trinajstić information content (AvgIpc) is 2.64. The zero-order valence-electron chi connectivity index (χ0n) is 13.8. The number of carbonyl (C=O) groups excluding carboxylic acids is 2. The van der Waals surface area contributed by atoms with Crippen LogP contribution in [0.15, 0.2) is 42.6 Å². The minimum Gasteiger partial charge on any atom is -0.497 e. The Morgan fingerprint density at radius 3 is 2.50 bits per heavy atom. The van der Waals surface area contributed by atoms with Gasteiger partial charge in [-0.3, -0.25) is 14.6 Å². The van der Waals surface area contributed by atoms with Crippen LogP contribution in [0.25, 0.3) is 0 Å². The number of amides is 2. The van der Waals surface area contributed by atoms with Crippen LogP contribution in [-0.4, -0.2) is 30.5 Å². The molecule has 0 spiro atoms. The molecule has 6 heteroatoms. The van der Waals surface area contributed by atoms with E-state index in [1.54, 1.807) is 13.2 Å². The van der Waals surface area contributed by atoms with Crippen LogP contribution in [0.5, 0.6) is 5.75 Å². The molecule has 0 aliphatic rings. The summed E-state index contributed by atoms with van der Waals surface area (Å²) in [4.78, 5) is 28.1. The monoisotopic (exact) mass is 327 g/mol. The lowest BCUT2D eigenvalue weighted by Crippen LogP contribution is -2.26. The first-order chi connectivity index (χ1) is 11.6. The molecule has 0 radical (unpaired) electrons. The van der Waals surface area contributed by atoms with Crippen molar-refractivity contribution in [2.75, 3.05) is 13.7 Å². The summed E-state index contributed by atoms with van der Waals surface area (Å²) in [6, 6.07) is 10.5. The lowest BCUT2D eigenvalue weighted by molar-refractivity contribution is 0.0948. The van der Waals surface area contributed by atoms with Crippen LogP contribution in [0.3, 0.4) is 0 Å². The number of pyridine rings is 1. The zero-order valence-corrected chi connectivity index (χ0v) is 13.8. The van der Waals surface area contributed by atoms with Crippen LogP contribution in [0.2, 0.25) is 0 Å². The van der Waals surface area contributed by atoms with Gasteiger partial charge in [0.05, 0.1) is 7.11 Å². The maximum absolute atomic E-state index is 12.2. The third-order valence-electron chi connectivity index (χ3n) is 3.40. The van der Waals surface area contributed by atoms with Gasteiger partial charge in [0.25, 0.3) is 11.8 Å². The molecule has 1 aromatic carbocycles. The first kappa shape index (κ1) is 17.5. The van der Waals surface area contributed by atoms with E-state index in [1.807, 2.05) is 31.2 Å². The van der Waals surface area contributed by atoms with E-state index in [4.69, 9.17) is 4.74 Å². The van der Waals surface area contributed by atoms with Gasteiger partial charge < -0.3 is 15.4 Å². The number of hydrogen-bond acceptors (Lipinski definition) is 4. The third kappa shape index (κ3) is 4.81. The Morgan fingerprint density at radius 2 is 1.83 bits per heavy atom. The van der Waals surface area contributed by atoms with Crippen molar-refractivity contribution < 1.29 is 14.3 Å². The molecular weight excluding hydrogens is 306 g/mol. The molecule has 0 saturated heterocycles. The Hall–Kier alpha value is -2.89. The van der Waals surface area contributed by atoms with Crippen molar-refractivity contribution in [1.82, 2.24) is 15.6 Å². The van der Waals surface area contributed by atoms with Gasteiger partial charge in [-0.15, -0.1) is 0 Å². The minimum atomic E-state index is -0.276. The van der Waals surface area contributed by atoms with Crippen LogP contribution < -0.4 is 15.4 Å². The fourth-order valence-corrected chi connectivity index (χ4v) is 2.05. The molecule has 2 rings (SSSR count). The molecule has 24 heavy (non-hydrogen) atoms. The molecule has 2 N–H and O–H groups in total. The summed E-state index contributed by atoms with van der Waals surface area (Å²) in [5.74, 6) is 0.237. The summed E-state index contributed by atoms with van der Waals surface area (Å²) in [5, 5.41) is 5.56. The summed E-state index contributed by atoms with van der Waals surface area (Å²) < 4.78 is 5.10. The number of nitrogens with zero attached hydrogens (tertiary/aromatic N) is 1. The van der Waals surface area contributed by atoms with Crippen LogP contribution in [0.4, 0.5) is 0 Å². The molecule has 6 nitrogen and oxygen atoms in total. The Balaban J connectivity index is 1.97. The number of nitrogens with one attached hydrogen (secondary N) is 2. The molecule has 0 aliphatic heterocycles. The van der Waals surface area contributed by atoms with Gasteiger partial charge >= 0.3 is 0 Å². The predicted octanol–water partition coefficient (Wildman–Crippen LogP) is 2.16. The number of benzene rings is 1. The van der Waals surface area contributed by atoms with E-state index in [1.165, 1.54) is 12.3 Å². The van der Waals surface area contributed by atoms with Crippen molar-refractivity contribution in [3.63, 3.8) is 0 Å². The van der Waals surface area contributed by atoms with Crippen molar-refractivity contribution in [3.05, 3.63) is 59.4 Å². The number of methoxy groups -OCH3 is 1. The van der Waals surface area contributed by atoms with Gasteiger partial charge in [-0.2, -0.15) is 0 Å². The summed E-state index contributed by atoms with van der Waals surface area (Å²) in [6.45, 7) is 2.94. The maximum Gasteiger partial charge on any atom is 0.269 e. The van der Waals surface area contributed by atoms with E-state index < -0.39 is 0 Å². The topological polar surface area (TPSA) is 80.3 Å². The fourth-order valence-electron chi connectivity index (χ4n) is 2.05. The highest BCUT2D eigenvalue weighted by atomic mass is 16.5. The standard InChI is InChI=1S/C18H21N3O3/c1-3-9-20-18(23)16-11-14(8-10-19-16)17(22)21-12-13-4-6-15(24-2)7-5-13/h4-8,10-11H,3,9,12H2,1-2H3,(H,20,23)(H,21,22). The van der Waals surface area contributed by atoms with Crippen molar-refractivity contribution in [3.8, 4) is 5.75 Å². The van der Waals surface area contributed by atoms with Gasteiger partial charge in [0.15, 0.2) is 0 Å². The molecule has 2 aromatic rings. The fraction of sp³-hybridized carbons (Fsp3) is 0.278.